The first kappa shape index (κ1) is 19.2. The second-order valence-corrected chi connectivity index (χ2v) is 5.96. The van der Waals surface area contributed by atoms with E-state index in [-0.39, 0.29) is 11.7 Å². The maximum atomic E-state index is 10.7. The fourth-order valence-electron chi connectivity index (χ4n) is 2.59. The van der Waals surface area contributed by atoms with Gasteiger partial charge in [-0.25, -0.2) is 0 Å². The number of hydrogen-bond acceptors (Lipinski definition) is 4. The fourth-order valence-corrected chi connectivity index (χ4v) is 2.59. The number of aryl methyl sites for hydroxylation is 1. The van der Waals surface area contributed by atoms with E-state index < -0.39 is 4.92 Å². The summed E-state index contributed by atoms with van der Waals surface area (Å²) in [6.45, 7) is 4.59. The number of nitrogens with zero attached hydrogens (tertiary/aromatic N) is 2. The van der Waals surface area contributed by atoms with Crippen LogP contribution in [0.3, 0.4) is 0 Å². The molecule has 26 heavy (non-hydrogen) atoms. The van der Waals surface area contributed by atoms with Crippen LogP contribution in [-0.4, -0.2) is 25.0 Å². The highest BCUT2D eigenvalue weighted by Crippen LogP contribution is 2.25. The van der Waals surface area contributed by atoms with Crippen LogP contribution >= 0.6 is 0 Å². The minimum Gasteiger partial charge on any atom is -0.496 e. The normalized spacial score (nSPS) is 12.4. The first-order chi connectivity index (χ1) is 12.4. The molecule has 2 rings (SSSR count). The molecule has 0 aliphatic carbocycles. The standard InChI is InChI=1S/C19H24N4O3/c1-13-5-10-18(26-4)17(11-13)14(2)22-19(20-3)21-12-15-6-8-16(9-7-15)23(24)25/h5-11,14H,12H2,1-4H3,(H2,20,21,22). The van der Waals surface area contributed by atoms with Gasteiger partial charge >= 0.3 is 0 Å². The Hall–Kier alpha value is -3.09. The predicted molar refractivity (Wildman–Crippen MR) is 103 cm³/mol. The number of methoxy groups -OCH3 is 1. The molecule has 0 saturated carbocycles. The predicted octanol–water partition coefficient (Wildman–Crippen LogP) is 3.34. The molecule has 1 unspecified atom stereocenters. The van der Waals surface area contributed by atoms with E-state index in [1.807, 2.05) is 26.0 Å². The SMILES string of the molecule is CN=C(NCc1ccc([N+](=O)[O-])cc1)NC(C)c1cc(C)ccc1OC. The van der Waals surface area contributed by atoms with Gasteiger partial charge in [-0.2, -0.15) is 0 Å². The fraction of sp³-hybridized carbons (Fsp3) is 0.316. The molecule has 1 atom stereocenters. The van der Waals surface area contributed by atoms with Crippen LogP contribution in [0.2, 0.25) is 0 Å². The lowest BCUT2D eigenvalue weighted by molar-refractivity contribution is -0.384. The number of aliphatic imine (C=N–C) groups is 1. The number of non-ortho nitro benzene ring substituents is 1. The van der Waals surface area contributed by atoms with E-state index >= 15 is 0 Å². The summed E-state index contributed by atoms with van der Waals surface area (Å²) in [6, 6.07) is 12.5. The average molecular weight is 356 g/mol. The molecular formula is C19H24N4O3. The maximum absolute atomic E-state index is 10.7. The molecule has 0 aliphatic heterocycles. The Morgan fingerprint density at radius 1 is 1.27 bits per heavy atom. The Kier molecular flexibility index (Phi) is 6.54. The molecule has 2 aromatic carbocycles. The van der Waals surface area contributed by atoms with Crippen molar-refractivity contribution in [2.75, 3.05) is 14.2 Å². The van der Waals surface area contributed by atoms with Gasteiger partial charge in [-0.05, 0) is 25.5 Å². The van der Waals surface area contributed by atoms with Crippen molar-refractivity contribution in [1.82, 2.24) is 10.6 Å². The molecule has 2 N–H and O–H groups in total. The Labute approximate surface area is 153 Å². The molecule has 0 aliphatic rings. The Balaban J connectivity index is 2.01. The lowest BCUT2D eigenvalue weighted by atomic mass is 10.0. The van der Waals surface area contributed by atoms with Crippen molar-refractivity contribution in [3.63, 3.8) is 0 Å². The summed E-state index contributed by atoms with van der Waals surface area (Å²) in [7, 11) is 3.36. The second kappa shape index (κ2) is 8.84. The highest BCUT2D eigenvalue weighted by molar-refractivity contribution is 5.80. The van der Waals surface area contributed by atoms with Crippen LogP contribution in [0.1, 0.15) is 29.7 Å². The Morgan fingerprint density at radius 3 is 2.54 bits per heavy atom. The van der Waals surface area contributed by atoms with Crippen molar-refractivity contribution in [3.05, 3.63) is 69.3 Å². The van der Waals surface area contributed by atoms with Crippen molar-refractivity contribution in [2.24, 2.45) is 4.99 Å². The summed E-state index contributed by atoms with van der Waals surface area (Å²) in [5, 5.41) is 17.3. The second-order valence-electron chi connectivity index (χ2n) is 5.96. The molecule has 138 valence electrons. The summed E-state index contributed by atoms with van der Waals surface area (Å²) < 4.78 is 5.44. The number of hydrogen-bond donors (Lipinski definition) is 2. The topological polar surface area (TPSA) is 88.8 Å². The van der Waals surface area contributed by atoms with Gasteiger partial charge in [-0.3, -0.25) is 15.1 Å². The molecular weight excluding hydrogens is 332 g/mol. The quantitative estimate of drug-likeness (QED) is 0.359. The molecule has 0 saturated heterocycles. The lowest BCUT2D eigenvalue weighted by Crippen LogP contribution is -2.38. The maximum Gasteiger partial charge on any atom is 0.269 e. The van der Waals surface area contributed by atoms with E-state index in [4.69, 9.17) is 4.74 Å². The minimum absolute atomic E-state index is 0.00656. The molecule has 0 amide bonds. The van der Waals surface area contributed by atoms with Gasteiger partial charge in [0.15, 0.2) is 5.96 Å². The molecule has 7 heteroatoms. The van der Waals surface area contributed by atoms with Crippen LogP contribution in [0, 0.1) is 17.0 Å². The van der Waals surface area contributed by atoms with Gasteiger partial charge in [0, 0.05) is 31.3 Å². The monoisotopic (exact) mass is 356 g/mol. The number of rotatable bonds is 6. The lowest BCUT2D eigenvalue weighted by Gasteiger charge is -2.20. The zero-order chi connectivity index (χ0) is 19.1. The van der Waals surface area contributed by atoms with Crippen LogP contribution in [0.15, 0.2) is 47.5 Å². The van der Waals surface area contributed by atoms with Gasteiger partial charge in [0.25, 0.3) is 5.69 Å². The van der Waals surface area contributed by atoms with Gasteiger partial charge < -0.3 is 15.4 Å². The summed E-state index contributed by atoms with van der Waals surface area (Å²) in [5.41, 5.74) is 3.21. The molecule has 0 fully saturated rings. The highest BCUT2D eigenvalue weighted by atomic mass is 16.6. The first-order valence-corrected chi connectivity index (χ1v) is 8.29. The van der Waals surface area contributed by atoms with E-state index in [9.17, 15) is 10.1 Å². The van der Waals surface area contributed by atoms with Crippen LogP contribution in [0.25, 0.3) is 0 Å². The van der Waals surface area contributed by atoms with Crippen molar-refractivity contribution >= 4 is 11.6 Å². The third kappa shape index (κ3) is 4.95. The third-order valence-electron chi connectivity index (χ3n) is 4.04. The molecule has 0 bridgehead atoms. The summed E-state index contributed by atoms with van der Waals surface area (Å²) in [6.07, 6.45) is 0. The molecule has 0 heterocycles. The van der Waals surface area contributed by atoms with E-state index in [2.05, 4.69) is 21.7 Å². The first-order valence-electron chi connectivity index (χ1n) is 8.29. The third-order valence-corrected chi connectivity index (χ3v) is 4.04. The zero-order valence-electron chi connectivity index (χ0n) is 15.4. The molecule has 2 aromatic rings. The van der Waals surface area contributed by atoms with Gasteiger partial charge in [0.05, 0.1) is 18.1 Å². The number of nitro groups is 1. The van der Waals surface area contributed by atoms with E-state index in [0.717, 1.165) is 22.4 Å². The van der Waals surface area contributed by atoms with Crippen molar-refractivity contribution in [2.45, 2.75) is 26.4 Å². The van der Waals surface area contributed by atoms with Crippen LogP contribution in [-0.2, 0) is 6.54 Å². The van der Waals surface area contributed by atoms with E-state index in [1.54, 1.807) is 26.3 Å². The van der Waals surface area contributed by atoms with Crippen molar-refractivity contribution in [3.8, 4) is 5.75 Å². The summed E-state index contributed by atoms with van der Waals surface area (Å²) in [4.78, 5) is 14.5. The molecule has 0 spiro atoms. The molecule has 0 radical (unpaired) electrons. The van der Waals surface area contributed by atoms with Crippen LogP contribution in [0.4, 0.5) is 5.69 Å². The molecule has 0 aromatic heterocycles. The zero-order valence-corrected chi connectivity index (χ0v) is 15.4. The number of benzene rings is 2. The summed E-state index contributed by atoms with van der Waals surface area (Å²) >= 11 is 0. The van der Waals surface area contributed by atoms with E-state index in [0.29, 0.717) is 12.5 Å². The number of nitrogens with one attached hydrogen (secondary N) is 2. The number of guanidine groups is 1. The van der Waals surface area contributed by atoms with Gasteiger partial charge in [0.1, 0.15) is 5.75 Å². The Morgan fingerprint density at radius 2 is 1.96 bits per heavy atom. The largest absolute Gasteiger partial charge is 0.496 e. The average Bonchev–Trinajstić information content (AvgIpc) is 2.65. The summed E-state index contributed by atoms with van der Waals surface area (Å²) in [5.74, 6) is 1.46. The van der Waals surface area contributed by atoms with Crippen LogP contribution < -0.4 is 15.4 Å². The highest BCUT2D eigenvalue weighted by Gasteiger charge is 2.13. The van der Waals surface area contributed by atoms with E-state index in [1.165, 1.54) is 12.1 Å². The smallest absolute Gasteiger partial charge is 0.269 e. The van der Waals surface area contributed by atoms with Gasteiger partial charge in [0.2, 0.25) is 0 Å². The van der Waals surface area contributed by atoms with Crippen LogP contribution in [0.5, 0.6) is 5.75 Å². The molecule has 7 nitrogen and oxygen atoms in total. The van der Waals surface area contributed by atoms with Gasteiger partial charge in [-0.15, -0.1) is 0 Å². The number of ether oxygens (including phenoxy) is 1. The van der Waals surface area contributed by atoms with Gasteiger partial charge in [-0.1, -0.05) is 29.8 Å². The number of nitro benzene ring substituents is 1. The van der Waals surface area contributed by atoms with Crippen molar-refractivity contribution in [1.29, 1.82) is 0 Å². The van der Waals surface area contributed by atoms with Crippen molar-refractivity contribution < 1.29 is 9.66 Å². The minimum atomic E-state index is -0.408. The Bertz CT molecular complexity index is 788.